The Balaban J connectivity index is 1.93. The molecule has 0 heterocycles. The van der Waals surface area contributed by atoms with Crippen LogP contribution in [0.2, 0.25) is 0 Å². The summed E-state index contributed by atoms with van der Waals surface area (Å²) < 4.78 is 10.3. The van der Waals surface area contributed by atoms with Crippen molar-refractivity contribution in [3.63, 3.8) is 0 Å². The number of carbonyl (C=O) groups excluding carboxylic acids is 2. The van der Waals surface area contributed by atoms with E-state index >= 15 is 0 Å². The number of benzene rings is 1. The Bertz CT molecular complexity index is 580. The standard InChI is InChI=1S/C18H26N2O4/c1-4-12-5-7-13(8-6-12)19-17(21)18(22)20-15-11-14(23-2)9-10-16(15)24-3/h9-13H,4-8H2,1-3H3,(H,19,21)(H,20,22). The molecule has 6 heteroatoms. The molecule has 0 unspecified atom stereocenters. The summed E-state index contributed by atoms with van der Waals surface area (Å²) in [6.45, 7) is 2.19. The van der Waals surface area contributed by atoms with E-state index in [9.17, 15) is 9.59 Å². The average molecular weight is 334 g/mol. The fourth-order valence-electron chi connectivity index (χ4n) is 3.06. The number of methoxy groups -OCH3 is 2. The third-order valence-electron chi connectivity index (χ3n) is 4.62. The van der Waals surface area contributed by atoms with E-state index in [2.05, 4.69) is 17.6 Å². The van der Waals surface area contributed by atoms with Crippen molar-refractivity contribution in [3.05, 3.63) is 18.2 Å². The van der Waals surface area contributed by atoms with Gasteiger partial charge in [0, 0.05) is 12.1 Å². The summed E-state index contributed by atoms with van der Waals surface area (Å²) in [5.41, 5.74) is 0.409. The van der Waals surface area contributed by atoms with Gasteiger partial charge in [0.1, 0.15) is 11.5 Å². The van der Waals surface area contributed by atoms with Gasteiger partial charge in [0.2, 0.25) is 0 Å². The molecule has 2 rings (SSSR count). The molecule has 1 fully saturated rings. The van der Waals surface area contributed by atoms with Gasteiger partial charge in [-0.3, -0.25) is 9.59 Å². The Morgan fingerprint density at radius 2 is 1.79 bits per heavy atom. The lowest BCUT2D eigenvalue weighted by molar-refractivity contribution is -0.136. The van der Waals surface area contributed by atoms with E-state index in [1.165, 1.54) is 20.6 Å². The van der Waals surface area contributed by atoms with Crippen molar-refractivity contribution in [1.82, 2.24) is 5.32 Å². The van der Waals surface area contributed by atoms with Gasteiger partial charge in [-0.2, -0.15) is 0 Å². The molecule has 0 aromatic heterocycles. The molecule has 132 valence electrons. The number of carbonyl (C=O) groups is 2. The van der Waals surface area contributed by atoms with Crippen LogP contribution in [0.15, 0.2) is 18.2 Å². The van der Waals surface area contributed by atoms with Crippen LogP contribution in [0.4, 0.5) is 5.69 Å². The Hall–Kier alpha value is -2.24. The molecule has 0 bridgehead atoms. The zero-order valence-corrected chi connectivity index (χ0v) is 14.6. The van der Waals surface area contributed by atoms with E-state index in [0.717, 1.165) is 31.6 Å². The molecule has 24 heavy (non-hydrogen) atoms. The molecule has 0 radical (unpaired) electrons. The topological polar surface area (TPSA) is 76.7 Å². The smallest absolute Gasteiger partial charge is 0.313 e. The quantitative estimate of drug-likeness (QED) is 0.812. The van der Waals surface area contributed by atoms with E-state index in [4.69, 9.17) is 9.47 Å². The molecule has 1 aromatic rings. The molecule has 2 N–H and O–H groups in total. The molecule has 1 aliphatic carbocycles. The number of anilines is 1. The highest BCUT2D eigenvalue weighted by Crippen LogP contribution is 2.29. The van der Waals surface area contributed by atoms with E-state index in [-0.39, 0.29) is 6.04 Å². The van der Waals surface area contributed by atoms with Crippen LogP contribution in [-0.4, -0.2) is 32.1 Å². The van der Waals surface area contributed by atoms with Crippen LogP contribution in [-0.2, 0) is 9.59 Å². The van der Waals surface area contributed by atoms with Gasteiger partial charge in [0.05, 0.1) is 19.9 Å². The summed E-state index contributed by atoms with van der Waals surface area (Å²) in [7, 11) is 3.04. The molecule has 1 aliphatic rings. The lowest BCUT2D eigenvalue weighted by Gasteiger charge is -2.28. The summed E-state index contributed by atoms with van der Waals surface area (Å²) in [5.74, 6) is 0.483. The maximum Gasteiger partial charge on any atom is 0.313 e. The maximum atomic E-state index is 12.2. The van der Waals surface area contributed by atoms with Gasteiger partial charge in [0.15, 0.2) is 0 Å². The number of amides is 2. The molecule has 0 saturated heterocycles. The molecular formula is C18H26N2O4. The first kappa shape index (κ1) is 18.1. The molecule has 0 atom stereocenters. The number of ether oxygens (including phenoxy) is 2. The van der Waals surface area contributed by atoms with E-state index in [1.54, 1.807) is 18.2 Å². The zero-order valence-electron chi connectivity index (χ0n) is 14.6. The summed E-state index contributed by atoms with van der Waals surface area (Å²) in [5, 5.41) is 5.42. The van der Waals surface area contributed by atoms with Crippen molar-refractivity contribution < 1.29 is 19.1 Å². The minimum absolute atomic E-state index is 0.0817. The first-order valence-electron chi connectivity index (χ1n) is 8.41. The summed E-state index contributed by atoms with van der Waals surface area (Å²) in [6, 6.07) is 5.11. The summed E-state index contributed by atoms with van der Waals surface area (Å²) >= 11 is 0. The first-order chi connectivity index (χ1) is 11.6. The number of hydrogen-bond acceptors (Lipinski definition) is 4. The number of nitrogens with one attached hydrogen (secondary N) is 2. The Morgan fingerprint density at radius 3 is 2.38 bits per heavy atom. The summed E-state index contributed by atoms with van der Waals surface area (Å²) in [4.78, 5) is 24.3. The van der Waals surface area contributed by atoms with Gasteiger partial charge < -0.3 is 20.1 Å². The van der Waals surface area contributed by atoms with Crippen molar-refractivity contribution in [3.8, 4) is 11.5 Å². The van der Waals surface area contributed by atoms with Crippen LogP contribution in [0.5, 0.6) is 11.5 Å². The van der Waals surface area contributed by atoms with Crippen molar-refractivity contribution in [2.24, 2.45) is 5.92 Å². The van der Waals surface area contributed by atoms with Crippen molar-refractivity contribution in [1.29, 1.82) is 0 Å². The second-order valence-electron chi connectivity index (χ2n) is 6.12. The van der Waals surface area contributed by atoms with Gasteiger partial charge in [-0.15, -0.1) is 0 Å². The third-order valence-corrected chi connectivity index (χ3v) is 4.62. The lowest BCUT2D eigenvalue weighted by Crippen LogP contribution is -2.43. The minimum Gasteiger partial charge on any atom is -0.497 e. The molecule has 2 amide bonds. The first-order valence-corrected chi connectivity index (χ1v) is 8.41. The van der Waals surface area contributed by atoms with Crippen LogP contribution >= 0.6 is 0 Å². The van der Waals surface area contributed by atoms with Gasteiger partial charge >= 0.3 is 11.8 Å². The van der Waals surface area contributed by atoms with E-state index < -0.39 is 11.8 Å². The molecule has 0 aliphatic heterocycles. The monoisotopic (exact) mass is 334 g/mol. The fourth-order valence-corrected chi connectivity index (χ4v) is 3.06. The van der Waals surface area contributed by atoms with Gasteiger partial charge in [-0.1, -0.05) is 13.3 Å². The molecule has 0 spiro atoms. The van der Waals surface area contributed by atoms with Crippen LogP contribution in [0.3, 0.4) is 0 Å². The van der Waals surface area contributed by atoms with Gasteiger partial charge in [-0.25, -0.2) is 0 Å². The molecule has 1 aromatic carbocycles. The number of rotatable bonds is 5. The lowest BCUT2D eigenvalue weighted by atomic mass is 9.84. The summed E-state index contributed by atoms with van der Waals surface area (Å²) in [6.07, 6.45) is 5.25. The Morgan fingerprint density at radius 1 is 1.08 bits per heavy atom. The van der Waals surface area contributed by atoms with E-state index in [1.807, 2.05) is 0 Å². The largest absolute Gasteiger partial charge is 0.497 e. The predicted octanol–water partition coefficient (Wildman–Crippen LogP) is 2.73. The highest BCUT2D eigenvalue weighted by Gasteiger charge is 2.24. The highest BCUT2D eigenvalue weighted by atomic mass is 16.5. The highest BCUT2D eigenvalue weighted by molar-refractivity contribution is 6.39. The van der Waals surface area contributed by atoms with Gasteiger partial charge in [-0.05, 0) is 43.7 Å². The van der Waals surface area contributed by atoms with Crippen LogP contribution < -0.4 is 20.1 Å². The Labute approximate surface area is 142 Å². The average Bonchev–Trinajstić information content (AvgIpc) is 2.62. The second-order valence-corrected chi connectivity index (χ2v) is 6.12. The van der Waals surface area contributed by atoms with Crippen molar-refractivity contribution >= 4 is 17.5 Å². The van der Waals surface area contributed by atoms with Crippen molar-refractivity contribution in [2.75, 3.05) is 19.5 Å². The molecule has 1 saturated carbocycles. The maximum absolute atomic E-state index is 12.2. The van der Waals surface area contributed by atoms with E-state index in [0.29, 0.717) is 17.2 Å². The normalized spacial score (nSPS) is 20.1. The van der Waals surface area contributed by atoms with Crippen LogP contribution in [0.25, 0.3) is 0 Å². The van der Waals surface area contributed by atoms with Crippen LogP contribution in [0, 0.1) is 5.92 Å². The second kappa shape index (κ2) is 8.57. The number of hydrogen-bond donors (Lipinski definition) is 2. The van der Waals surface area contributed by atoms with Crippen molar-refractivity contribution in [2.45, 2.75) is 45.1 Å². The van der Waals surface area contributed by atoms with Gasteiger partial charge in [0.25, 0.3) is 0 Å². The zero-order chi connectivity index (χ0) is 17.5. The van der Waals surface area contributed by atoms with Crippen LogP contribution in [0.1, 0.15) is 39.0 Å². The minimum atomic E-state index is -0.695. The SMILES string of the molecule is CCC1CCC(NC(=O)C(=O)Nc2cc(OC)ccc2OC)CC1. The molecule has 6 nitrogen and oxygen atoms in total. The Kier molecular flexibility index (Phi) is 6.46. The molecular weight excluding hydrogens is 308 g/mol. The predicted molar refractivity (Wildman–Crippen MR) is 92.4 cm³/mol. The fraction of sp³-hybridized carbons (Fsp3) is 0.556. The third kappa shape index (κ3) is 4.63.